The average molecular weight is 198 g/mol. The molecule has 0 radical (unpaired) electrons. The Hall–Kier alpha value is -1.60. The summed E-state index contributed by atoms with van der Waals surface area (Å²) in [6.45, 7) is 0.207. The second-order valence-corrected chi connectivity index (χ2v) is 3.54. The van der Waals surface area contributed by atoms with Crippen molar-refractivity contribution in [1.82, 2.24) is 0 Å². The molecule has 0 saturated heterocycles. The summed E-state index contributed by atoms with van der Waals surface area (Å²) in [6.07, 6.45) is 0.723. The van der Waals surface area contributed by atoms with Gasteiger partial charge < -0.3 is 5.11 Å². The van der Waals surface area contributed by atoms with Crippen LogP contribution in [0, 0.1) is 0 Å². The lowest BCUT2D eigenvalue weighted by Gasteiger charge is -2.04. The maximum Gasteiger partial charge on any atom is 0.0471 e. The minimum atomic E-state index is 0.207. The van der Waals surface area contributed by atoms with E-state index in [1.165, 1.54) is 16.7 Å². The minimum absolute atomic E-state index is 0.207. The Balaban J connectivity index is 2.33. The number of hydrogen-bond acceptors (Lipinski definition) is 1. The molecule has 15 heavy (non-hydrogen) atoms. The molecule has 0 aliphatic heterocycles. The standard InChI is InChI=1S/C14H14O/c15-10-9-12-5-4-8-14(11-12)13-6-2-1-3-7-13/h1-8,11,15H,9-10H2. The van der Waals surface area contributed by atoms with Gasteiger partial charge in [-0.2, -0.15) is 0 Å². The Labute approximate surface area is 90.0 Å². The van der Waals surface area contributed by atoms with Crippen LogP contribution in [0.25, 0.3) is 11.1 Å². The maximum absolute atomic E-state index is 8.88. The highest BCUT2D eigenvalue weighted by Gasteiger charge is 1.97. The molecule has 1 heteroatoms. The number of hydrogen-bond donors (Lipinski definition) is 1. The van der Waals surface area contributed by atoms with Crippen molar-refractivity contribution in [3.8, 4) is 11.1 Å². The normalized spacial score (nSPS) is 10.2. The zero-order valence-electron chi connectivity index (χ0n) is 8.56. The Morgan fingerprint density at radius 1 is 0.800 bits per heavy atom. The summed E-state index contributed by atoms with van der Waals surface area (Å²) < 4.78 is 0. The summed E-state index contributed by atoms with van der Waals surface area (Å²) in [5.74, 6) is 0. The van der Waals surface area contributed by atoms with Crippen LogP contribution in [0.4, 0.5) is 0 Å². The molecule has 0 fully saturated rings. The van der Waals surface area contributed by atoms with Gasteiger partial charge in [-0.05, 0) is 23.1 Å². The molecule has 0 aromatic heterocycles. The van der Waals surface area contributed by atoms with E-state index < -0.39 is 0 Å². The average Bonchev–Trinajstić information content (AvgIpc) is 2.31. The van der Waals surface area contributed by atoms with E-state index in [2.05, 4.69) is 24.3 Å². The molecule has 0 bridgehead atoms. The highest BCUT2D eigenvalue weighted by Crippen LogP contribution is 2.19. The van der Waals surface area contributed by atoms with Gasteiger partial charge in [-0.1, -0.05) is 54.6 Å². The lowest BCUT2D eigenvalue weighted by atomic mass is 10.0. The van der Waals surface area contributed by atoms with Crippen molar-refractivity contribution < 1.29 is 5.11 Å². The van der Waals surface area contributed by atoms with Crippen LogP contribution in [0.15, 0.2) is 54.6 Å². The lowest BCUT2D eigenvalue weighted by molar-refractivity contribution is 0.299. The van der Waals surface area contributed by atoms with Crippen LogP contribution in [0.2, 0.25) is 0 Å². The summed E-state index contributed by atoms with van der Waals surface area (Å²) in [5.41, 5.74) is 3.61. The summed E-state index contributed by atoms with van der Waals surface area (Å²) >= 11 is 0. The third kappa shape index (κ3) is 2.45. The third-order valence-electron chi connectivity index (χ3n) is 2.43. The summed E-state index contributed by atoms with van der Waals surface area (Å²) in [5, 5.41) is 8.88. The van der Waals surface area contributed by atoms with Crippen molar-refractivity contribution in [2.75, 3.05) is 6.61 Å². The summed E-state index contributed by atoms with van der Waals surface area (Å²) in [4.78, 5) is 0. The van der Waals surface area contributed by atoms with Gasteiger partial charge in [-0.3, -0.25) is 0 Å². The molecule has 2 aromatic carbocycles. The molecular weight excluding hydrogens is 184 g/mol. The molecule has 0 atom stereocenters. The van der Waals surface area contributed by atoms with Crippen molar-refractivity contribution in [2.45, 2.75) is 6.42 Å². The topological polar surface area (TPSA) is 20.2 Å². The molecule has 1 nitrogen and oxygen atoms in total. The van der Waals surface area contributed by atoms with Crippen molar-refractivity contribution in [2.24, 2.45) is 0 Å². The number of aliphatic hydroxyl groups is 1. The summed E-state index contributed by atoms with van der Waals surface area (Å²) in [6, 6.07) is 18.6. The highest BCUT2D eigenvalue weighted by molar-refractivity contribution is 5.63. The molecule has 0 unspecified atom stereocenters. The van der Waals surface area contributed by atoms with Gasteiger partial charge >= 0.3 is 0 Å². The molecule has 0 aliphatic rings. The van der Waals surface area contributed by atoms with E-state index in [9.17, 15) is 0 Å². The Morgan fingerprint density at radius 2 is 1.53 bits per heavy atom. The zero-order chi connectivity index (χ0) is 10.5. The smallest absolute Gasteiger partial charge is 0.0471 e. The van der Waals surface area contributed by atoms with E-state index in [0.717, 1.165) is 6.42 Å². The maximum atomic E-state index is 8.88. The molecule has 2 aromatic rings. The van der Waals surface area contributed by atoms with E-state index >= 15 is 0 Å². The van der Waals surface area contributed by atoms with Crippen molar-refractivity contribution in [1.29, 1.82) is 0 Å². The van der Waals surface area contributed by atoms with Crippen LogP contribution in [0.3, 0.4) is 0 Å². The van der Waals surface area contributed by atoms with Gasteiger partial charge in [-0.15, -0.1) is 0 Å². The van der Waals surface area contributed by atoms with Gasteiger partial charge in [0, 0.05) is 6.61 Å². The van der Waals surface area contributed by atoms with Gasteiger partial charge in [0.25, 0.3) is 0 Å². The summed E-state index contributed by atoms with van der Waals surface area (Å²) in [7, 11) is 0. The lowest BCUT2D eigenvalue weighted by Crippen LogP contribution is -1.90. The first-order chi connectivity index (χ1) is 7.40. The molecular formula is C14H14O. The monoisotopic (exact) mass is 198 g/mol. The number of benzene rings is 2. The van der Waals surface area contributed by atoms with Crippen LogP contribution in [-0.4, -0.2) is 11.7 Å². The predicted molar refractivity (Wildman–Crippen MR) is 62.7 cm³/mol. The molecule has 76 valence electrons. The van der Waals surface area contributed by atoms with E-state index in [1.54, 1.807) is 0 Å². The largest absolute Gasteiger partial charge is 0.396 e. The fourth-order valence-corrected chi connectivity index (χ4v) is 1.67. The SMILES string of the molecule is OCCc1cccc(-c2ccccc2)c1. The van der Waals surface area contributed by atoms with Gasteiger partial charge in [0.1, 0.15) is 0 Å². The van der Waals surface area contributed by atoms with Crippen molar-refractivity contribution in [3.63, 3.8) is 0 Å². The molecule has 0 spiro atoms. The van der Waals surface area contributed by atoms with Gasteiger partial charge in [0.2, 0.25) is 0 Å². The van der Waals surface area contributed by atoms with Crippen molar-refractivity contribution in [3.05, 3.63) is 60.2 Å². The van der Waals surface area contributed by atoms with E-state index in [-0.39, 0.29) is 6.61 Å². The van der Waals surface area contributed by atoms with Crippen LogP contribution < -0.4 is 0 Å². The first-order valence-corrected chi connectivity index (χ1v) is 5.15. The molecule has 2 rings (SSSR count). The van der Waals surface area contributed by atoms with Crippen LogP contribution >= 0.6 is 0 Å². The van der Waals surface area contributed by atoms with Gasteiger partial charge in [-0.25, -0.2) is 0 Å². The Bertz CT molecular complexity index is 420. The van der Waals surface area contributed by atoms with E-state index in [0.29, 0.717) is 0 Å². The Morgan fingerprint density at radius 3 is 2.27 bits per heavy atom. The van der Waals surface area contributed by atoms with E-state index in [4.69, 9.17) is 5.11 Å². The molecule has 0 aliphatic carbocycles. The minimum Gasteiger partial charge on any atom is -0.396 e. The molecule has 0 amide bonds. The fourth-order valence-electron chi connectivity index (χ4n) is 1.67. The van der Waals surface area contributed by atoms with E-state index in [1.807, 2.05) is 30.3 Å². The first-order valence-electron chi connectivity index (χ1n) is 5.15. The third-order valence-corrected chi connectivity index (χ3v) is 2.43. The van der Waals surface area contributed by atoms with Crippen LogP contribution in [-0.2, 0) is 6.42 Å². The van der Waals surface area contributed by atoms with Gasteiger partial charge in [0.15, 0.2) is 0 Å². The quantitative estimate of drug-likeness (QED) is 0.804. The molecule has 1 N–H and O–H groups in total. The van der Waals surface area contributed by atoms with Gasteiger partial charge in [0.05, 0.1) is 0 Å². The van der Waals surface area contributed by atoms with Crippen LogP contribution in [0.1, 0.15) is 5.56 Å². The highest BCUT2D eigenvalue weighted by atomic mass is 16.2. The van der Waals surface area contributed by atoms with Crippen LogP contribution in [0.5, 0.6) is 0 Å². The van der Waals surface area contributed by atoms with Crippen molar-refractivity contribution >= 4 is 0 Å². The first kappa shape index (κ1) is 9.94. The molecule has 0 heterocycles. The fraction of sp³-hybridized carbons (Fsp3) is 0.143. The molecule has 0 saturated carbocycles. The predicted octanol–water partition coefficient (Wildman–Crippen LogP) is 2.89. The second-order valence-electron chi connectivity index (χ2n) is 3.54. The number of rotatable bonds is 3. The Kier molecular flexibility index (Phi) is 3.15. The number of aliphatic hydroxyl groups excluding tert-OH is 1. The zero-order valence-corrected chi connectivity index (χ0v) is 8.56. The second kappa shape index (κ2) is 4.76.